The van der Waals surface area contributed by atoms with Gasteiger partial charge in [0.25, 0.3) is 0 Å². The predicted molar refractivity (Wildman–Crippen MR) is 79.1 cm³/mol. The van der Waals surface area contributed by atoms with E-state index in [0.717, 1.165) is 19.3 Å². The molecule has 0 aromatic rings. The van der Waals surface area contributed by atoms with E-state index in [4.69, 9.17) is 5.73 Å². The first-order chi connectivity index (χ1) is 7.64. The molecule has 0 aliphatic rings. The van der Waals surface area contributed by atoms with Gasteiger partial charge in [-0.2, -0.15) is 0 Å². The molecule has 0 bridgehead atoms. The molecule has 0 aliphatic carbocycles. The molecule has 1 atom stereocenters. The smallest absolute Gasteiger partial charge is 0.0105 e. The van der Waals surface area contributed by atoms with Gasteiger partial charge in [0.2, 0.25) is 0 Å². The van der Waals surface area contributed by atoms with Crippen molar-refractivity contribution >= 4 is 0 Å². The van der Waals surface area contributed by atoms with E-state index < -0.39 is 0 Å². The number of allylic oxidation sites excluding steroid dienone is 4. The summed E-state index contributed by atoms with van der Waals surface area (Å²) in [5.74, 6) is 0. The van der Waals surface area contributed by atoms with E-state index in [1.54, 1.807) is 0 Å². The van der Waals surface area contributed by atoms with E-state index in [1.807, 2.05) is 0 Å². The monoisotopic (exact) mass is 237 g/mol. The third-order valence-electron chi connectivity index (χ3n) is 3.75. The quantitative estimate of drug-likeness (QED) is 0.658. The molecule has 1 unspecified atom stereocenters. The van der Waals surface area contributed by atoms with Gasteiger partial charge in [0.05, 0.1) is 0 Å². The van der Waals surface area contributed by atoms with E-state index >= 15 is 0 Å². The van der Waals surface area contributed by atoms with Crippen LogP contribution in [0.3, 0.4) is 0 Å². The third-order valence-corrected chi connectivity index (χ3v) is 3.75. The maximum Gasteiger partial charge on any atom is 0.0105 e. The highest BCUT2D eigenvalue weighted by molar-refractivity contribution is 5.21. The van der Waals surface area contributed by atoms with E-state index in [1.165, 1.54) is 11.1 Å². The van der Waals surface area contributed by atoms with Crippen molar-refractivity contribution in [3.8, 4) is 0 Å². The van der Waals surface area contributed by atoms with Crippen molar-refractivity contribution in [2.24, 2.45) is 11.1 Å². The lowest BCUT2D eigenvalue weighted by atomic mass is 9.72. The average molecular weight is 237 g/mol. The van der Waals surface area contributed by atoms with Crippen LogP contribution in [0.1, 0.15) is 67.7 Å². The zero-order chi connectivity index (χ0) is 13.7. The topological polar surface area (TPSA) is 26.0 Å². The van der Waals surface area contributed by atoms with Gasteiger partial charge in [-0.3, -0.25) is 0 Å². The highest BCUT2D eigenvalue weighted by Crippen LogP contribution is 2.37. The molecule has 0 saturated heterocycles. The van der Waals surface area contributed by atoms with Crippen molar-refractivity contribution in [2.75, 3.05) is 0 Å². The molecule has 0 fully saturated rings. The summed E-state index contributed by atoms with van der Waals surface area (Å²) < 4.78 is 0. The van der Waals surface area contributed by atoms with Crippen LogP contribution in [0.5, 0.6) is 0 Å². The molecule has 0 amide bonds. The molecule has 1 heteroatoms. The molecule has 0 spiro atoms. The molecule has 0 rings (SSSR count). The zero-order valence-electron chi connectivity index (χ0n) is 12.9. The predicted octanol–water partition coefficient (Wildman–Crippen LogP) is 4.83. The van der Waals surface area contributed by atoms with Crippen molar-refractivity contribution in [1.29, 1.82) is 0 Å². The van der Waals surface area contributed by atoms with E-state index in [0.29, 0.717) is 0 Å². The maximum absolute atomic E-state index is 6.17. The van der Waals surface area contributed by atoms with Gasteiger partial charge in [-0.15, -0.1) is 0 Å². The molecular formula is C16H31N. The van der Waals surface area contributed by atoms with Gasteiger partial charge < -0.3 is 5.73 Å². The van der Waals surface area contributed by atoms with Crippen LogP contribution < -0.4 is 5.73 Å². The molecule has 0 heterocycles. The SMILES string of the molecule is CC/C(C)=C\C=C(/C)C(C)(CC)CC(C)(C)N. The fraction of sp³-hybridized carbons (Fsp3) is 0.750. The van der Waals surface area contributed by atoms with Crippen LogP contribution in [0.25, 0.3) is 0 Å². The number of nitrogens with two attached hydrogens (primary N) is 1. The molecule has 0 aromatic carbocycles. The van der Waals surface area contributed by atoms with Crippen LogP contribution in [0.15, 0.2) is 23.3 Å². The highest BCUT2D eigenvalue weighted by Gasteiger charge is 2.29. The second-order valence-corrected chi connectivity index (χ2v) is 6.30. The van der Waals surface area contributed by atoms with Gasteiger partial charge >= 0.3 is 0 Å². The van der Waals surface area contributed by atoms with Crippen molar-refractivity contribution in [3.63, 3.8) is 0 Å². The third kappa shape index (κ3) is 6.07. The Morgan fingerprint density at radius 1 is 1.06 bits per heavy atom. The van der Waals surface area contributed by atoms with Gasteiger partial charge in [0.1, 0.15) is 0 Å². The second-order valence-electron chi connectivity index (χ2n) is 6.30. The summed E-state index contributed by atoms with van der Waals surface area (Å²) >= 11 is 0. The first kappa shape index (κ1) is 16.4. The largest absolute Gasteiger partial charge is 0.326 e. The standard InChI is InChI=1S/C16H31N/c1-8-13(3)10-11-14(4)16(7,9-2)12-15(5,6)17/h10-11H,8-9,12,17H2,1-7H3/b13-10-,14-11+. The minimum Gasteiger partial charge on any atom is -0.326 e. The fourth-order valence-electron chi connectivity index (χ4n) is 2.14. The molecule has 1 nitrogen and oxygen atoms in total. The van der Waals surface area contributed by atoms with Gasteiger partial charge in [0.15, 0.2) is 0 Å². The summed E-state index contributed by atoms with van der Waals surface area (Å²) in [4.78, 5) is 0. The normalized spacial score (nSPS) is 18.1. The lowest BCUT2D eigenvalue weighted by Gasteiger charge is -2.36. The summed E-state index contributed by atoms with van der Waals surface area (Å²) in [6.07, 6.45) is 7.79. The Morgan fingerprint density at radius 2 is 1.59 bits per heavy atom. The highest BCUT2D eigenvalue weighted by atomic mass is 14.7. The number of hydrogen-bond donors (Lipinski definition) is 1. The molecular weight excluding hydrogens is 206 g/mol. The fourth-order valence-corrected chi connectivity index (χ4v) is 2.14. The Hall–Kier alpha value is -0.560. The second kappa shape index (κ2) is 6.39. The summed E-state index contributed by atoms with van der Waals surface area (Å²) in [6.45, 7) is 15.4. The molecule has 0 aliphatic heterocycles. The van der Waals surface area contributed by atoms with Gasteiger partial charge in [-0.25, -0.2) is 0 Å². The molecule has 100 valence electrons. The zero-order valence-corrected chi connectivity index (χ0v) is 12.9. The van der Waals surface area contributed by atoms with Crippen LogP contribution in [0.4, 0.5) is 0 Å². The Kier molecular flexibility index (Phi) is 6.18. The molecule has 17 heavy (non-hydrogen) atoms. The van der Waals surface area contributed by atoms with Gasteiger partial charge in [-0.1, -0.05) is 44.1 Å². The van der Waals surface area contributed by atoms with Gasteiger partial charge in [0, 0.05) is 5.54 Å². The maximum atomic E-state index is 6.17. The first-order valence-electron chi connectivity index (χ1n) is 6.78. The summed E-state index contributed by atoms with van der Waals surface area (Å²) in [5.41, 5.74) is 9.14. The van der Waals surface area contributed by atoms with Crippen molar-refractivity contribution in [1.82, 2.24) is 0 Å². The molecule has 0 aromatic heterocycles. The molecule has 0 radical (unpaired) electrons. The van der Waals surface area contributed by atoms with E-state index in [9.17, 15) is 0 Å². The van der Waals surface area contributed by atoms with Crippen molar-refractivity contribution in [3.05, 3.63) is 23.3 Å². The number of rotatable bonds is 6. The van der Waals surface area contributed by atoms with Crippen molar-refractivity contribution < 1.29 is 0 Å². The van der Waals surface area contributed by atoms with Crippen molar-refractivity contribution in [2.45, 2.75) is 73.3 Å². The van der Waals surface area contributed by atoms with Crippen LogP contribution in [-0.2, 0) is 0 Å². The first-order valence-corrected chi connectivity index (χ1v) is 6.78. The van der Waals surface area contributed by atoms with Crippen LogP contribution in [0.2, 0.25) is 0 Å². The Morgan fingerprint density at radius 3 is 1.94 bits per heavy atom. The molecule has 0 saturated carbocycles. The Balaban J connectivity index is 4.98. The Bertz CT molecular complexity index is 291. The summed E-state index contributed by atoms with van der Waals surface area (Å²) in [6, 6.07) is 0. The Labute approximate surface area is 108 Å². The summed E-state index contributed by atoms with van der Waals surface area (Å²) in [5, 5.41) is 0. The summed E-state index contributed by atoms with van der Waals surface area (Å²) in [7, 11) is 0. The number of hydrogen-bond acceptors (Lipinski definition) is 1. The van der Waals surface area contributed by atoms with E-state index in [2.05, 4.69) is 60.6 Å². The molecule has 2 N–H and O–H groups in total. The van der Waals surface area contributed by atoms with Gasteiger partial charge in [-0.05, 0) is 52.4 Å². The lowest BCUT2D eigenvalue weighted by Crippen LogP contribution is -2.38. The van der Waals surface area contributed by atoms with E-state index in [-0.39, 0.29) is 11.0 Å². The minimum absolute atomic E-state index is 0.108. The van der Waals surface area contributed by atoms with Crippen LogP contribution in [-0.4, -0.2) is 5.54 Å². The minimum atomic E-state index is -0.108. The van der Waals surface area contributed by atoms with Crippen LogP contribution in [0, 0.1) is 5.41 Å². The lowest BCUT2D eigenvalue weighted by molar-refractivity contribution is 0.272. The average Bonchev–Trinajstić information content (AvgIpc) is 2.22. The van der Waals surface area contributed by atoms with Crippen LogP contribution >= 0.6 is 0 Å².